The summed E-state index contributed by atoms with van der Waals surface area (Å²) in [6, 6.07) is 10.5. The molecule has 3 aromatic rings. The van der Waals surface area contributed by atoms with E-state index in [1.807, 2.05) is 0 Å². The first-order valence-corrected chi connectivity index (χ1v) is 8.10. The summed E-state index contributed by atoms with van der Waals surface area (Å²) in [4.78, 5) is 28.2. The average molecular weight is 389 g/mol. The summed E-state index contributed by atoms with van der Waals surface area (Å²) in [6.07, 6.45) is 2.69. The van der Waals surface area contributed by atoms with Crippen molar-refractivity contribution in [3.05, 3.63) is 81.6 Å². The zero-order valence-electron chi connectivity index (χ0n) is 14.1. The SMILES string of the molecule is COc1ncc(NNC(=O)c2ccc(=O)n(-c3cccc(Cl)c3)c2)cc1F. The van der Waals surface area contributed by atoms with E-state index in [2.05, 4.69) is 15.8 Å². The number of aromatic nitrogens is 2. The number of hydrogen-bond acceptors (Lipinski definition) is 5. The van der Waals surface area contributed by atoms with Gasteiger partial charge in [-0.2, -0.15) is 0 Å². The molecule has 1 aromatic carbocycles. The van der Waals surface area contributed by atoms with Gasteiger partial charge < -0.3 is 4.74 Å². The Hall–Kier alpha value is -3.39. The van der Waals surface area contributed by atoms with Crippen LogP contribution in [0.2, 0.25) is 5.02 Å². The molecular weight excluding hydrogens is 375 g/mol. The van der Waals surface area contributed by atoms with E-state index in [1.165, 1.54) is 36.2 Å². The summed E-state index contributed by atoms with van der Waals surface area (Å²) in [5.74, 6) is -1.35. The van der Waals surface area contributed by atoms with E-state index >= 15 is 0 Å². The van der Waals surface area contributed by atoms with Crippen molar-refractivity contribution in [2.75, 3.05) is 12.5 Å². The van der Waals surface area contributed by atoms with Gasteiger partial charge in [0.05, 0.1) is 30.2 Å². The van der Waals surface area contributed by atoms with Gasteiger partial charge in [-0.3, -0.25) is 25.0 Å². The minimum atomic E-state index is -0.675. The molecule has 9 heteroatoms. The van der Waals surface area contributed by atoms with Crippen LogP contribution in [0.25, 0.3) is 5.69 Å². The van der Waals surface area contributed by atoms with Crippen molar-refractivity contribution < 1.29 is 13.9 Å². The highest BCUT2D eigenvalue weighted by Gasteiger charge is 2.10. The van der Waals surface area contributed by atoms with Crippen LogP contribution < -0.4 is 21.1 Å². The first kappa shape index (κ1) is 18.4. The normalized spacial score (nSPS) is 10.3. The quantitative estimate of drug-likeness (QED) is 0.656. The van der Waals surface area contributed by atoms with Crippen molar-refractivity contribution in [3.8, 4) is 11.6 Å². The van der Waals surface area contributed by atoms with Crippen LogP contribution in [0.15, 0.2) is 59.7 Å². The van der Waals surface area contributed by atoms with Gasteiger partial charge in [0.25, 0.3) is 11.5 Å². The minimum Gasteiger partial charge on any atom is -0.479 e. The first-order chi connectivity index (χ1) is 13.0. The number of ether oxygens (including phenoxy) is 1. The Morgan fingerprint density at radius 3 is 2.78 bits per heavy atom. The summed E-state index contributed by atoms with van der Waals surface area (Å²) in [6.45, 7) is 0. The zero-order chi connectivity index (χ0) is 19.4. The molecule has 0 aliphatic carbocycles. The number of benzene rings is 1. The summed E-state index contributed by atoms with van der Waals surface area (Å²) < 4.78 is 19.7. The maximum Gasteiger partial charge on any atom is 0.271 e. The predicted octanol–water partition coefficient (Wildman–Crippen LogP) is 2.79. The highest BCUT2D eigenvalue weighted by molar-refractivity contribution is 6.30. The van der Waals surface area contributed by atoms with Gasteiger partial charge in [0.2, 0.25) is 5.88 Å². The number of methoxy groups -OCH3 is 1. The molecule has 138 valence electrons. The Bertz CT molecular complexity index is 1050. The number of rotatable bonds is 5. The Balaban J connectivity index is 1.78. The van der Waals surface area contributed by atoms with Crippen LogP contribution in [0.3, 0.4) is 0 Å². The van der Waals surface area contributed by atoms with Gasteiger partial charge in [-0.05, 0) is 24.3 Å². The summed E-state index contributed by atoms with van der Waals surface area (Å²) in [5, 5.41) is 0.463. The average Bonchev–Trinajstić information content (AvgIpc) is 2.66. The Labute approximate surface area is 158 Å². The van der Waals surface area contributed by atoms with E-state index in [0.717, 1.165) is 6.07 Å². The van der Waals surface area contributed by atoms with Crippen molar-refractivity contribution >= 4 is 23.2 Å². The van der Waals surface area contributed by atoms with Gasteiger partial charge in [0.15, 0.2) is 5.82 Å². The number of hydrazine groups is 1. The number of nitrogens with zero attached hydrogens (tertiary/aromatic N) is 2. The fraction of sp³-hybridized carbons (Fsp3) is 0.0556. The molecule has 0 aliphatic heterocycles. The third kappa shape index (κ3) is 4.24. The maximum atomic E-state index is 13.6. The highest BCUT2D eigenvalue weighted by Crippen LogP contribution is 2.16. The smallest absolute Gasteiger partial charge is 0.271 e. The van der Waals surface area contributed by atoms with Crippen molar-refractivity contribution in [3.63, 3.8) is 0 Å². The van der Waals surface area contributed by atoms with Crippen molar-refractivity contribution in [1.82, 2.24) is 15.0 Å². The van der Waals surface area contributed by atoms with Gasteiger partial charge in [-0.1, -0.05) is 17.7 Å². The van der Waals surface area contributed by atoms with Crippen LogP contribution in [0.4, 0.5) is 10.1 Å². The molecule has 2 N–H and O–H groups in total. The van der Waals surface area contributed by atoms with Crippen molar-refractivity contribution in [2.24, 2.45) is 0 Å². The highest BCUT2D eigenvalue weighted by atomic mass is 35.5. The Morgan fingerprint density at radius 2 is 2.07 bits per heavy atom. The van der Waals surface area contributed by atoms with Crippen LogP contribution >= 0.6 is 11.6 Å². The number of anilines is 1. The number of carbonyl (C=O) groups excluding carboxylic acids is 1. The monoisotopic (exact) mass is 388 g/mol. The molecule has 0 fully saturated rings. The molecule has 1 amide bonds. The molecule has 3 rings (SSSR count). The lowest BCUT2D eigenvalue weighted by Crippen LogP contribution is -2.30. The molecule has 0 aliphatic rings. The minimum absolute atomic E-state index is 0.152. The lowest BCUT2D eigenvalue weighted by Gasteiger charge is -2.11. The molecule has 0 saturated carbocycles. The molecule has 0 radical (unpaired) electrons. The van der Waals surface area contributed by atoms with E-state index in [0.29, 0.717) is 10.7 Å². The number of nitrogens with one attached hydrogen (secondary N) is 2. The topological polar surface area (TPSA) is 85.2 Å². The fourth-order valence-corrected chi connectivity index (χ4v) is 2.48. The zero-order valence-corrected chi connectivity index (χ0v) is 14.8. The van der Waals surface area contributed by atoms with Crippen LogP contribution in [-0.2, 0) is 0 Å². The molecule has 0 atom stereocenters. The third-order valence-electron chi connectivity index (χ3n) is 3.58. The Morgan fingerprint density at radius 1 is 1.26 bits per heavy atom. The number of halogens is 2. The molecule has 2 aromatic heterocycles. The third-order valence-corrected chi connectivity index (χ3v) is 3.82. The van der Waals surface area contributed by atoms with Gasteiger partial charge in [-0.15, -0.1) is 0 Å². The van der Waals surface area contributed by atoms with E-state index in [4.69, 9.17) is 16.3 Å². The lowest BCUT2D eigenvalue weighted by molar-refractivity contribution is 0.0962. The number of carbonyl (C=O) groups is 1. The van der Waals surface area contributed by atoms with E-state index in [9.17, 15) is 14.0 Å². The second kappa shape index (κ2) is 7.88. The van der Waals surface area contributed by atoms with Crippen LogP contribution in [0.1, 0.15) is 10.4 Å². The summed E-state index contributed by atoms with van der Waals surface area (Å²) in [7, 11) is 1.30. The maximum absolute atomic E-state index is 13.6. The fourth-order valence-electron chi connectivity index (χ4n) is 2.29. The molecule has 7 nitrogen and oxygen atoms in total. The number of hydrogen-bond donors (Lipinski definition) is 2. The van der Waals surface area contributed by atoms with Crippen molar-refractivity contribution in [2.45, 2.75) is 0 Å². The largest absolute Gasteiger partial charge is 0.479 e. The molecular formula is C18H14ClFN4O3. The predicted molar refractivity (Wildman–Crippen MR) is 98.9 cm³/mol. The summed E-state index contributed by atoms with van der Waals surface area (Å²) in [5.41, 5.74) is 5.61. The van der Waals surface area contributed by atoms with E-state index in [-0.39, 0.29) is 22.7 Å². The molecule has 0 saturated heterocycles. The standard InChI is InChI=1S/C18H14ClFN4O3/c1-27-18-15(20)8-13(9-21-18)22-23-17(26)11-5-6-16(25)24(10-11)14-4-2-3-12(19)7-14/h2-10,22H,1H3,(H,23,26). The van der Waals surface area contributed by atoms with Gasteiger partial charge in [0, 0.05) is 23.4 Å². The van der Waals surface area contributed by atoms with Gasteiger partial charge >= 0.3 is 0 Å². The second-order valence-corrected chi connectivity index (χ2v) is 5.84. The van der Waals surface area contributed by atoms with Gasteiger partial charge in [-0.25, -0.2) is 9.37 Å². The second-order valence-electron chi connectivity index (χ2n) is 5.40. The molecule has 2 heterocycles. The molecule has 27 heavy (non-hydrogen) atoms. The van der Waals surface area contributed by atoms with Gasteiger partial charge in [0.1, 0.15) is 0 Å². The molecule has 0 bridgehead atoms. The van der Waals surface area contributed by atoms with Crippen molar-refractivity contribution in [1.29, 1.82) is 0 Å². The molecule has 0 spiro atoms. The number of pyridine rings is 2. The Kier molecular flexibility index (Phi) is 5.37. The van der Waals surface area contributed by atoms with E-state index in [1.54, 1.807) is 24.3 Å². The molecule has 0 unspecified atom stereocenters. The van der Waals surface area contributed by atoms with Crippen LogP contribution in [0.5, 0.6) is 5.88 Å². The number of amides is 1. The summed E-state index contributed by atoms with van der Waals surface area (Å²) >= 11 is 5.95. The van der Waals surface area contributed by atoms with Crippen LogP contribution in [0, 0.1) is 5.82 Å². The van der Waals surface area contributed by atoms with E-state index < -0.39 is 11.7 Å². The first-order valence-electron chi connectivity index (χ1n) is 7.72. The lowest BCUT2D eigenvalue weighted by atomic mass is 10.2. The van der Waals surface area contributed by atoms with Crippen LogP contribution in [-0.4, -0.2) is 22.6 Å².